The molecule has 0 bridgehead atoms. The Labute approximate surface area is 101 Å². The van der Waals surface area contributed by atoms with Gasteiger partial charge in [0, 0.05) is 6.42 Å². The molecular formula is C12H9F3O3. The summed E-state index contributed by atoms with van der Waals surface area (Å²) in [5.74, 6) is -3.44. The zero-order valence-corrected chi connectivity index (χ0v) is 9.38. The van der Waals surface area contributed by atoms with Crippen LogP contribution >= 0.6 is 0 Å². The molecule has 0 spiro atoms. The van der Waals surface area contributed by atoms with Crippen LogP contribution in [0.3, 0.4) is 0 Å². The van der Waals surface area contributed by atoms with Crippen LogP contribution in [0.5, 0.6) is 0 Å². The molecule has 6 heteroatoms. The van der Waals surface area contributed by atoms with Crippen LogP contribution in [0, 0.1) is 11.2 Å². The number of halogens is 3. The number of hydrogen-bond acceptors (Lipinski definition) is 3. The lowest BCUT2D eigenvalue weighted by molar-refractivity contribution is -0.157. The summed E-state index contributed by atoms with van der Waals surface area (Å²) < 4.78 is 44.0. The van der Waals surface area contributed by atoms with Gasteiger partial charge in [-0.25, -0.2) is 13.2 Å². The zero-order chi connectivity index (χ0) is 13.5. The van der Waals surface area contributed by atoms with E-state index in [0.717, 1.165) is 13.2 Å². The highest BCUT2D eigenvalue weighted by molar-refractivity contribution is 6.16. The maximum atomic E-state index is 13.5. The first-order chi connectivity index (χ1) is 8.45. The molecule has 2 rings (SSSR count). The summed E-state index contributed by atoms with van der Waals surface area (Å²) in [6.07, 6.45) is -3.78. The topological polar surface area (TPSA) is 43.4 Å². The number of fused-ring (bicyclic) bond motifs is 1. The Morgan fingerprint density at radius 3 is 2.61 bits per heavy atom. The maximum Gasteiger partial charge on any atom is 0.326 e. The van der Waals surface area contributed by atoms with E-state index in [0.29, 0.717) is 0 Å². The second kappa shape index (κ2) is 4.12. The fraction of sp³-hybridized carbons (Fsp3) is 0.333. The summed E-state index contributed by atoms with van der Waals surface area (Å²) in [5, 5.41) is 0. The minimum atomic E-state index is -3.25. The highest BCUT2D eigenvalue weighted by atomic mass is 19.3. The standard InChI is InChI=1S/C12H9F3O3/c1-18-11(17)12(10(14)15)5-6-3-2-4-7(13)8(6)9(12)16/h2-4,10H,5H2,1H3. The van der Waals surface area contributed by atoms with Crippen molar-refractivity contribution in [3.63, 3.8) is 0 Å². The van der Waals surface area contributed by atoms with E-state index in [1.807, 2.05) is 0 Å². The molecule has 1 unspecified atom stereocenters. The molecule has 0 amide bonds. The van der Waals surface area contributed by atoms with Crippen LogP contribution in [-0.2, 0) is 16.0 Å². The molecule has 18 heavy (non-hydrogen) atoms. The molecule has 0 radical (unpaired) electrons. The van der Waals surface area contributed by atoms with Crippen LogP contribution in [0.15, 0.2) is 18.2 Å². The third kappa shape index (κ3) is 1.45. The minimum absolute atomic E-state index is 0.103. The van der Waals surface area contributed by atoms with Crippen molar-refractivity contribution in [2.75, 3.05) is 7.11 Å². The number of ketones is 1. The molecule has 0 aliphatic heterocycles. The van der Waals surface area contributed by atoms with E-state index in [2.05, 4.69) is 4.74 Å². The number of Topliss-reactive ketones (excluding diaryl/α,β-unsaturated/α-hetero) is 1. The number of carbonyl (C=O) groups excluding carboxylic acids is 2. The lowest BCUT2D eigenvalue weighted by atomic mass is 9.84. The van der Waals surface area contributed by atoms with Crippen molar-refractivity contribution in [3.05, 3.63) is 35.1 Å². The van der Waals surface area contributed by atoms with Gasteiger partial charge in [-0.05, 0) is 11.6 Å². The average molecular weight is 258 g/mol. The summed E-state index contributed by atoms with van der Waals surface area (Å²) in [6, 6.07) is 3.65. The largest absolute Gasteiger partial charge is 0.468 e. The van der Waals surface area contributed by atoms with E-state index in [1.165, 1.54) is 12.1 Å². The van der Waals surface area contributed by atoms with Gasteiger partial charge in [0.05, 0.1) is 12.7 Å². The van der Waals surface area contributed by atoms with Gasteiger partial charge < -0.3 is 4.74 Å². The number of esters is 1. The molecule has 0 heterocycles. The number of hydrogen-bond donors (Lipinski definition) is 0. The van der Waals surface area contributed by atoms with Crippen molar-refractivity contribution in [1.29, 1.82) is 0 Å². The van der Waals surface area contributed by atoms with Crippen molar-refractivity contribution in [3.8, 4) is 0 Å². The molecule has 96 valence electrons. The SMILES string of the molecule is COC(=O)C1(C(F)F)Cc2cccc(F)c2C1=O. The van der Waals surface area contributed by atoms with Crippen molar-refractivity contribution >= 4 is 11.8 Å². The Hall–Kier alpha value is -1.85. The van der Waals surface area contributed by atoms with Gasteiger partial charge in [-0.1, -0.05) is 12.1 Å². The quantitative estimate of drug-likeness (QED) is 0.602. The van der Waals surface area contributed by atoms with E-state index in [4.69, 9.17) is 0 Å². The molecule has 3 nitrogen and oxygen atoms in total. The fourth-order valence-electron chi connectivity index (χ4n) is 2.19. The second-order valence-electron chi connectivity index (χ2n) is 4.04. The summed E-state index contributed by atoms with van der Waals surface area (Å²) >= 11 is 0. The summed E-state index contributed by atoms with van der Waals surface area (Å²) in [6.45, 7) is 0. The molecular weight excluding hydrogens is 249 g/mol. The van der Waals surface area contributed by atoms with Crippen molar-refractivity contribution in [2.45, 2.75) is 12.8 Å². The predicted octanol–water partition coefficient (Wildman–Crippen LogP) is 1.99. The first kappa shape index (κ1) is 12.6. The normalized spacial score (nSPS) is 22.2. The van der Waals surface area contributed by atoms with Crippen molar-refractivity contribution < 1.29 is 27.5 Å². The molecule has 1 aromatic rings. The molecule has 0 fully saturated rings. The predicted molar refractivity (Wildman–Crippen MR) is 54.9 cm³/mol. The van der Waals surface area contributed by atoms with Gasteiger partial charge in [0.15, 0.2) is 11.2 Å². The van der Waals surface area contributed by atoms with Crippen molar-refractivity contribution in [1.82, 2.24) is 0 Å². The highest BCUT2D eigenvalue weighted by Gasteiger charge is 2.60. The Morgan fingerprint density at radius 2 is 2.11 bits per heavy atom. The molecule has 1 aromatic carbocycles. The van der Waals surface area contributed by atoms with Gasteiger partial charge in [-0.2, -0.15) is 0 Å². The third-order valence-corrected chi connectivity index (χ3v) is 3.12. The Bertz CT molecular complexity index is 527. The minimum Gasteiger partial charge on any atom is -0.468 e. The molecule has 0 saturated heterocycles. The van der Waals surface area contributed by atoms with Gasteiger partial charge in [-0.3, -0.25) is 9.59 Å². The molecule has 0 saturated carbocycles. The van der Waals surface area contributed by atoms with Crippen molar-refractivity contribution in [2.24, 2.45) is 5.41 Å². The summed E-state index contributed by atoms with van der Waals surface area (Å²) in [4.78, 5) is 23.5. The van der Waals surface area contributed by atoms with E-state index in [1.54, 1.807) is 0 Å². The summed E-state index contributed by atoms with van der Waals surface area (Å²) in [5.41, 5.74) is -2.95. The number of benzene rings is 1. The van der Waals surface area contributed by atoms with Crippen LogP contribution in [0.25, 0.3) is 0 Å². The van der Waals surface area contributed by atoms with E-state index in [9.17, 15) is 22.8 Å². The maximum absolute atomic E-state index is 13.5. The monoisotopic (exact) mass is 258 g/mol. The molecule has 1 atom stereocenters. The number of ether oxygens (including phenoxy) is 1. The summed E-state index contributed by atoms with van der Waals surface area (Å²) in [7, 11) is 0.916. The second-order valence-corrected chi connectivity index (χ2v) is 4.04. The smallest absolute Gasteiger partial charge is 0.326 e. The lowest BCUT2D eigenvalue weighted by Crippen LogP contribution is -2.44. The Balaban J connectivity index is 2.61. The number of methoxy groups -OCH3 is 1. The molecule has 1 aliphatic carbocycles. The van der Waals surface area contributed by atoms with E-state index >= 15 is 0 Å². The fourth-order valence-corrected chi connectivity index (χ4v) is 2.19. The number of carbonyl (C=O) groups is 2. The Kier molecular flexibility index (Phi) is 2.88. The average Bonchev–Trinajstić information content (AvgIpc) is 2.64. The van der Waals surface area contributed by atoms with Gasteiger partial charge >= 0.3 is 5.97 Å². The van der Waals surface area contributed by atoms with E-state index < -0.39 is 41.4 Å². The highest BCUT2D eigenvalue weighted by Crippen LogP contribution is 2.43. The first-order valence-corrected chi connectivity index (χ1v) is 5.14. The zero-order valence-electron chi connectivity index (χ0n) is 9.38. The van der Waals surface area contributed by atoms with E-state index in [-0.39, 0.29) is 5.56 Å². The number of rotatable bonds is 2. The molecule has 0 aromatic heterocycles. The van der Waals surface area contributed by atoms with Gasteiger partial charge in [0.2, 0.25) is 0 Å². The van der Waals surface area contributed by atoms with Crippen LogP contribution in [0.2, 0.25) is 0 Å². The molecule has 1 aliphatic rings. The molecule has 0 N–H and O–H groups in total. The third-order valence-electron chi connectivity index (χ3n) is 3.12. The van der Waals surface area contributed by atoms with Crippen LogP contribution in [0.4, 0.5) is 13.2 Å². The Morgan fingerprint density at radius 1 is 1.44 bits per heavy atom. The van der Waals surface area contributed by atoms with Crippen LogP contribution in [0.1, 0.15) is 15.9 Å². The first-order valence-electron chi connectivity index (χ1n) is 5.14. The van der Waals surface area contributed by atoms with Crippen LogP contribution < -0.4 is 0 Å². The van der Waals surface area contributed by atoms with Gasteiger partial charge in [-0.15, -0.1) is 0 Å². The van der Waals surface area contributed by atoms with Gasteiger partial charge in [0.25, 0.3) is 6.43 Å². The van der Waals surface area contributed by atoms with Crippen LogP contribution in [-0.4, -0.2) is 25.3 Å². The number of alkyl halides is 2. The lowest BCUT2D eigenvalue weighted by Gasteiger charge is -2.22. The van der Waals surface area contributed by atoms with Gasteiger partial charge in [0.1, 0.15) is 5.82 Å².